The van der Waals surface area contributed by atoms with Gasteiger partial charge < -0.3 is 15.2 Å². The molecule has 2 atom stereocenters. The summed E-state index contributed by atoms with van der Waals surface area (Å²) < 4.78 is 5.28. The zero-order valence-corrected chi connectivity index (χ0v) is 12.5. The number of hydrogen-bond acceptors (Lipinski definition) is 3. The van der Waals surface area contributed by atoms with E-state index in [4.69, 9.17) is 16.3 Å². The normalized spacial score (nSPS) is 13.2. The van der Waals surface area contributed by atoms with Crippen molar-refractivity contribution in [3.8, 4) is 0 Å². The fraction of sp³-hybridized carbons (Fsp3) is 0.333. The third-order valence-electron chi connectivity index (χ3n) is 2.80. The summed E-state index contributed by atoms with van der Waals surface area (Å²) in [6, 6.07) is 5.13. The van der Waals surface area contributed by atoms with Crippen molar-refractivity contribution in [1.29, 1.82) is 0 Å². The van der Waals surface area contributed by atoms with Crippen LogP contribution in [0.25, 0.3) is 0 Å². The highest BCUT2D eigenvalue weighted by Crippen LogP contribution is 2.17. The van der Waals surface area contributed by atoms with E-state index >= 15 is 0 Å². The summed E-state index contributed by atoms with van der Waals surface area (Å²) in [4.78, 5) is 23.2. The third-order valence-corrected chi connectivity index (χ3v) is 3.05. The molecule has 0 spiro atoms. The molecule has 114 valence electrons. The second-order valence-electron chi connectivity index (χ2n) is 4.42. The van der Waals surface area contributed by atoms with Gasteiger partial charge in [0.1, 0.15) is 6.10 Å². The number of carbonyl (C=O) groups is 2. The van der Waals surface area contributed by atoms with E-state index in [0.717, 1.165) is 0 Å². The molecule has 0 aliphatic heterocycles. The molecule has 2 unspecified atom stereocenters. The Hall–Kier alpha value is -1.85. The van der Waals surface area contributed by atoms with Crippen molar-refractivity contribution in [1.82, 2.24) is 5.32 Å². The van der Waals surface area contributed by atoms with Crippen molar-refractivity contribution in [3.05, 3.63) is 47.5 Å². The number of carbonyl (C=O) groups excluding carboxylic acids is 1. The molecule has 6 heteroatoms. The first kappa shape index (κ1) is 17.2. The zero-order valence-electron chi connectivity index (χ0n) is 11.7. The van der Waals surface area contributed by atoms with E-state index in [-0.39, 0.29) is 0 Å². The molecule has 1 aromatic carbocycles. The lowest BCUT2D eigenvalue weighted by molar-refractivity contribution is -0.144. The largest absolute Gasteiger partial charge is 0.479 e. The molecule has 2 N–H and O–H groups in total. The first-order chi connectivity index (χ1) is 9.95. The molecule has 0 saturated carbocycles. The molecule has 0 saturated heterocycles. The van der Waals surface area contributed by atoms with Crippen molar-refractivity contribution in [3.63, 3.8) is 0 Å². The smallest absolute Gasteiger partial charge is 0.330 e. The Bertz CT molecular complexity index is 501. The van der Waals surface area contributed by atoms with Crippen LogP contribution < -0.4 is 5.32 Å². The Morgan fingerprint density at radius 3 is 2.57 bits per heavy atom. The van der Waals surface area contributed by atoms with Crippen molar-refractivity contribution in [2.24, 2.45) is 0 Å². The summed E-state index contributed by atoms with van der Waals surface area (Å²) in [5.41, 5.74) is 0.443. The topological polar surface area (TPSA) is 75.6 Å². The van der Waals surface area contributed by atoms with Gasteiger partial charge in [0.15, 0.2) is 6.04 Å². The molecule has 0 fully saturated rings. The first-order valence-corrected chi connectivity index (χ1v) is 6.84. The highest BCUT2D eigenvalue weighted by molar-refractivity contribution is 6.30. The minimum Gasteiger partial charge on any atom is -0.479 e. The lowest BCUT2D eigenvalue weighted by Gasteiger charge is -2.18. The summed E-state index contributed by atoms with van der Waals surface area (Å²) in [6.45, 7) is 5.48. The van der Waals surface area contributed by atoms with Crippen LogP contribution in [0.5, 0.6) is 0 Å². The lowest BCUT2D eigenvalue weighted by atomic mass is 10.1. The average Bonchev–Trinajstić information content (AvgIpc) is 2.45. The van der Waals surface area contributed by atoms with Crippen LogP contribution >= 0.6 is 11.6 Å². The first-order valence-electron chi connectivity index (χ1n) is 6.47. The molecule has 5 nitrogen and oxygen atoms in total. The van der Waals surface area contributed by atoms with E-state index in [1.807, 2.05) is 0 Å². The van der Waals surface area contributed by atoms with E-state index in [1.165, 1.54) is 0 Å². The monoisotopic (exact) mass is 311 g/mol. The van der Waals surface area contributed by atoms with Crippen molar-refractivity contribution >= 4 is 23.5 Å². The molecule has 21 heavy (non-hydrogen) atoms. The van der Waals surface area contributed by atoms with Crippen molar-refractivity contribution < 1.29 is 19.4 Å². The van der Waals surface area contributed by atoms with Gasteiger partial charge in [0.2, 0.25) is 5.91 Å². The van der Waals surface area contributed by atoms with Gasteiger partial charge in [0.05, 0.1) is 6.61 Å². The summed E-state index contributed by atoms with van der Waals surface area (Å²) in [7, 11) is 0. The van der Waals surface area contributed by atoms with Crippen LogP contribution in [-0.4, -0.2) is 29.7 Å². The SMILES string of the molecule is C=CCCOC(C)C(=O)NC(C(=O)O)c1ccc(Cl)cc1. The van der Waals surface area contributed by atoms with Crippen LogP contribution in [0.3, 0.4) is 0 Å². The van der Waals surface area contributed by atoms with E-state index in [2.05, 4.69) is 11.9 Å². The third kappa shape index (κ3) is 5.57. The standard InChI is InChI=1S/C15H18ClNO4/c1-3-4-9-21-10(2)14(18)17-13(15(19)20)11-5-7-12(16)8-6-11/h3,5-8,10,13H,1,4,9H2,2H3,(H,17,18)(H,19,20). The molecular weight excluding hydrogens is 294 g/mol. The van der Waals surface area contributed by atoms with Gasteiger partial charge in [-0.05, 0) is 31.0 Å². The number of carboxylic acid groups (broad SMARTS) is 1. The Kier molecular flexibility index (Phi) is 6.91. The average molecular weight is 312 g/mol. The number of nitrogens with one attached hydrogen (secondary N) is 1. The molecule has 1 amide bonds. The second-order valence-corrected chi connectivity index (χ2v) is 4.86. The number of carboxylic acids is 1. The number of aliphatic carboxylic acids is 1. The number of ether oxygens (including phenoxy) is 1. The van der Waals surface area contributed by atoms with E-state index in [9.17, 15) is 14.7 Å². The van der Waals surface area contributed by atoms with Crippen LogP contribution in [-0.2, 0) is 14.3 Å². The van der Waals surface area contributed by atoms with Crippen LogP contribution in [0.15, 0.2) is 36.9 Å². The Labute approximate surface area is 128 Å². The lowest BCUT2D eigenvalue weighted by Crippen LogP contribution is -2.40. The molecule has 0 radical (unpaired) electrons. The second kappa shape index (κ2) is 8.44. The summed E-state index contributed by atoms with van der Waals surface area (Å²) >= 11 is 5.76. The molecule has 0 aromatic heterocycles. The maximum absolute atomic E-state index is 11.9. The molecule has 0 aliphatic carbocycles. The van der Waals surface area contributed by atoms with Gasteiger partial charge in [0, 0.05) is 5.02 Å². The molecule has 0 bridgehead atoms. The maximum atomic E-state index is 11.9. The molecular formula is C15H18ClNO4. The Morgan fingerprint density at radius 2 is 2.05 bits per heavy atom. The predicted octanol–water partition coefficient (Wildman–Crippen LogP) is 2.56. The molecule has 1 rings (SSSR count). The number of hydrogen-bond donors (Lipinski definition) is 2. The maximum Gasteiger partial charge on any atom is 0.330 e. The Morgan fingerprint density at radius 1 is 1.43 bits per heavy atom. The van der Waals surface area contributed by atoms with Gasteiger partial charge in [-0.15, -0.1) is 6.58 Å². The van der Waals surface area contributed by atoms with Crippen molar-refractivity contribution in [2.75, 3.05) is 6.61 Å². The van der Waals surface area contributed by atoms with Crippen LogP contribution in [0.2, 0.25) is 5.02 Å². The quantitative estimate of drug-likeness (QED) is 0.571. The minimum absolute atomic E-state index is 0.358. The fourth-order valence-electron chi connectivity index (χ4n) is 1.61. The van der Waals surface area contributed by atoms with Crippen LogP contribution in [0.1, 0.15) is 24.9 Å². The van der Waals surface area contributed by atoms with Gasteiger partial charge in [-0.2, -0.15) is 0 Å². The van der Waals surface area contributed by atoms with Crippen LogP contribution in [0.4, 0.5) is 0 Å². The number of benzene rings is 1. The minimum atomic E-state index is -1.15. The van der Waals surface area contributed by atoms with Gasteiger partial charge in [-0.1, -0.05) is 29.8 Å². The highest BCUT2D eigenvalue weighted by Gasteiger charge is 2.24. The van der Waals surface area contributed by atoms with Gasteiger partial charge in [-0.3, -0.25) is 4.79 Å². The van der Waals surface area contributed by atoms with Gasteiger partial charge in [0.25, 0.3) is 0 Å². The zero-order chi connectivity index (χ0) is 15.8. The summed E-state index contributed by atoms with van der Waals surface area (Å²) in [6.07, 6.45) is 1.56. The number of rotatable bonds is 8. The molecule has 1 aromatic rings. The molecule has 0 aliphatic rings. The number of halogens is 1. The van der Waals surface area contributed by atoms with Crippen molar-refractivity contribution in [2.45, 2.75) is 25.5 Å². The summed E-state index contributed by atoms with van der Waals surface area (Å²) in [5, 5.41) is 12.2. The summed E-state index contributed by atoms with van der Waals surface area (Å²) in [5.74, 6) is -1.63. The highest BCUT2D eigenvalue weighted by atomic mass is 35.5. The number of amides is 1. The predicted molar refractivity (Wildman–Crippen MR) is 80.2 cm³/mol. The molecule has 0 heterocycles. The Balaban J connectivity index is 2.70. The fourth-order valence-corrected chi connectivity index (χ4v) is 1.73. The van der Waals surface area contributed by atoms with E-state index < -0.39 is 24.0 Å². The van der Waals surface area contributed by atoms with E-state index in [1.54, 1.807) is 37.3 Å². The van der Waals surface area contributed by atoms with Crippen LogP contribution in [0, 0.1) is 0 Å². The van der Waals surface area contributed by atoms with E-state index in [0.29, 0.717) is 23.6 Å². The van der Waals surface area contributed by atoms with Gasteiger partial charge >= 0.3 is 5.97 Å². The van der Waals surface area contributed by atoms with Gasteiger partial charge in [-0.25, -0.2) is 4.79 Å².